The molecule has 0 bridgehead atoms. The van der Waals surface area contributed by atoms with E-state index in [2.05, 4.69) is 11.8 Å². The van der Waals surface area contributed by atoms with Crippen molar-refractivity contribution >= 4 is 11.7 Å². The summed E-state index contributed by atoms with van der Waals surface area (Å²) in [7, 11) is 0. The number of carbonyl (C=O) groups excluding carboxylic acids is 2. The van der Waals surface area contributed by atoms with E-state index >= 15 is 0 Å². The fourth-order valence-electron chi connectivity index (χ4n) is 3.50. The van der Waals surface area contributed by atoms with Crippen LogP contribution < -0.4 is 0 Å². The third kappa shape index (κ3) is 2.48. The summed E-state index contributed by atoms with van der Waals surface area (Å²) in [5.74, 6) is -0.0201. The molecular formula is C17H22N2O2. The highest BCUT2D eigenvalue weighted by molar-refractivity contribution is 6.07. The van der Waals surface area contributed by atoms with Crippen LogP contribution in [-0.4, -0.2) is 54.2 Å². The SMILES string of the molecule is CCN1CCN(C(=O)C2CC(=O)c3cccc(C)c32)CC1. The van der Waals surface area contributed by atoms with Gasteiger partial charge < -0.3 is 9.80 Å². The van der Waals surface area contributed by atoms with Crippen LogP contribution in [0.2, 0.25) is 0 Å². The minimum Gasteiger partial charge on any atom is -0.340 e. The second-order valence-corrected chi connectivity index (χ2v) is 5.98. The molecule has 1 fully saturated rings. The van der Waals surface area contributed by atoms with Gasteiger partial charge in [0, 0.05) is 38.2 Å². The van der Waals surface area contributed by atoms with Crippen LogP contribution in [0.15, 0.2) is 18.2 Å². The van der Waals surface area contributed by atoms with E-state index in [1.807, 2.05) is 30.0 Å². The first-order valence-corrected chi connectivity index (χ1v) is 7.75. The van der Waals surface area contributed by atoms with Crippen LogP contribution in [0.4, 0.5) is 0 Å². The number of likely N-dealkylation sites (N-methyl/N-ethyl adjacent to an activating group) is 1. The molecule has 1 aromatic rings. The number of fused-ring (bicyclic) bond motifs is 1. The Hall–Kier alpha value is -1.68. The van der Waals surface area contributed by atoms with Crippen molar-refractivity contribution in [2.75, 3.05) is 32.7 Å². The summed E-state index contributed by atoms with van der Waals surface area (Å²) in [6.45, 7) is 8.59. The number of hydrogen-bond donors (Lipinski definition) is 0. The average Bonchev–Trinajstić information content (AvgIpc) is 2.85. The molecule has 1 saturated heterocycles. The van der Waals surface area contributed by atoms with Gasteiger partial charge in [-0.25, -0.2) is 0 Å². The molecule has 1 heterocycles. The Kier molecular flexibility index (Phi) is 3.81. The van der Waals surface area contributed by atoms with Crippen LogP contribution in [0.1, 0.15) is 40.7 Å². The fourth-order valence-corrected chi connectivity index (χ4v) is 3.50. The summed E-state index contributed by atoms with van der Waals surface area (Å²) in [4.78, 5) is 29.2. The maximum Gasteiger partial charge on any atom is 0.230 e. The lowest BCUT2D eigenvalue weighted by molar-refractivity contribution is -0.134. The first-order chi connectivity index (χ1) is 10.1. The standard InChI is InChI=1S/C17H22N2O2/c1-3-18-7-9-19(10-8-18)17(21)14-11-15(20)13-6-4-5-12(2)16(13)14/h4-6,14H,3,7-11H2,1-2H3. The summed E-state index contributed by atoms with van der Waals surface area (Å²) >= 11 is 0. The predicted molar refractivity (Wildman–Crippen MR) is 81.6 cm³/mol. The number of amides is 1. The van der Waals surface area contributed by atoms with E-state index in [4.69, 9.17) is 0 Å². The lowest BCUT2D eigenvalue weighted by Crippen LogP contribution is -2.49. The first-order valence-electron chi connectivity index (χ1n) is 7.75. The largest absolute Gasteiger partial charge is 0.340 e. The van der Waals surface area contributed by atoms with Gasteiger partial charge in [0.25, 0.3) is 0 Å². The summed E-state index contributed by atoms with van der Waals surface area (Å²) in [6, 6.07) is 5.75. The molecule has 2 aliphatic rings. The molecule has 1 amide bonds. The number of ketones is 1. The second kappa shape index (κ2) is 5.60. The molecule has 4 heteroatoms. The Morgan fingerprint density at radius 3 is 2.62 bits per heavy atom. The zero-order chi connectivity index (χ0) is 15.0. The summed E-state index contributed by atoms with van der Waals surface area (Å²) in [5, 5.41) is 0. The van der Waals surface area contributed by atoms with Gasteiger partial charge in [0.15, 0.2) is 5.78 Å². The van der Waals surface area contributed by atoms with Gasteiger partial charge >= 0.3 is 0 Å². The van der Waals surface area contributed by atoms with Crippen LogP contribution in [0.5, 0.6) is 0 Å². The number of Topliss-reactive ketones (excluding diaryl/α,β-unsaturated/α-hetero) is 1. The van der Waals surface area contributed by atoms with Crippen molar-refractivity contribution in [1.29, 1.82) is 0 Å². The first kappa shape index (κ1) is 14.3. The number of rotatable bonds is 2. The molecule has 1 aliphatic carbocycles. The molecule has 112 valence electrons. The third-order valence-electron chi connectivity index (χ3n) is 4.79. The molecule has 3 rings (SSSR count). The smallest absolute Gasteiger partial charge is 0.230 e. The number of aryl methyl sites for hydroxylation is 1. The van der Waals surface area contributed by atoms with E-state index in [9.17, 15) is 9.59 Å². The van der Waals surface area contributed by atoms with E-state index in [1.165, 1.54) is 0 Å². The number of hydrogen-bond acceptors (Lipinski definition) is 3. The quantitative estimate of drug-likeness (QED) is 0.833. The molecule has 4 nitrogen and oxygen atoms in total. The topological polar surface area (TPSA) is 40.6 Å². The maximum atomic E-state index is 12.8. The minimum absolute atomic E-state index is 0.110. The van der Waals surface area contributed by atoms with Crippen molar-refractivity contribution in [1.82, 2.24) is 9.80 Å². The van der Waals surface area contributed by atoms with E-state index in [0.717, 1.165) is 49.4 Å². The molecule has 1 unspecified atom stereocenters. The molecule has 0 radical (unpaired) electrons. The summed E-state index contributed by atoms with van der Waals surface area (Å²) < 4.78 is 0. The van der Waals surface area contributed by atoms with Gasteiger partial charge in [-0.15, -0.1) is 0 Å². The normalized spacial score (nSPS) is 22.5. The van der Waals surface area contributed by atoms with Crippen molar-refractivity contribution in [2.24, 2.45) is 0 Å². The Balaban J connectivity index is 1.80. The number of carbonyl (C=O) groups is 2. The molecule has 1 aromatic carbocycles. The Morgan fingerprint density at radius 1 is 1.24 bits per heavy atom. The fraction of sp³-hybridized carbons (Fsp3) is 0.529. The van der Waals surface area contributed by atoms with E-state index in [-0.39, 0.29) is 17.6 Å². The van der Waals surface area contributed by atoms with Crippen LogP contribution in [0.3, 0.4) is 0 Å². The minimum atomic E-state index is -0.262. The van der Waals surface area contributed by atoms with E-state index in [1.54, 1.807) is 0 Å². The highest BCUT2D eigenvalue weighted by atomic mass is 16.2. The Morgan fingerprint density at radius 2 is 1.95 bits per heavy atom. The van der Waals surface area contributed by atoms with Gasteiger partial charge in [0.1, 0.15) is 0 Å². The van der Waals surface area contributed by atoms with Gasteiger partial charge in [0.05, 0.1) is 5.92 Å². The van der Waals surface area contributed by atoms with Gasteiger partial charge in [0.2, 0.25) is 5.91 Å². The molecule has 1 aliphatic heterocycles. The monoisotopic (exact) mass is 286 g/mol. The van der Waals surface area contributed by atoms with Crippen molar-refractivity contribution in [3.8, 4) is 0 Å². The number of piperazine rings is 1. The van der Waals surface area contributed by atoms with Crippen LogP contribution in [0.25, 0.3) is 0 Å². The zero-order valence-electron chi connectivity index (χ0n) is 12.8. The maximum absolute atomic E-state index is 12.8. The van der Waals surface area contributed by atoms with Crippen LogP contribution in [-0.2, 0) is 4.79 Å². The lowest BCUT2D eigenvalue weighted by atomic mass is 9.95. The van der Waals surface area contributed by atoms with Crippen molar-refractivity contribution in [3.05, 3.63) is 34.9 Å². The Labute approximate surface area is 125 Å². The molecule has 0 saturated carbocycles. The van der Waals surface area contributed by atoms with Gasteiger partial charge in [-0.05, 0) is 24.6 Å². The predicted octanol–water partition coefficient (Wildman–Crippen LogP) is 1.83. The van der Waals surface area contributed by atoms with E-state index < -0.39 is 0 Å². The van der Waals surface area contributed by atoms with Crippen molar-refractivity contribution in [2.45, 2.75) is 26.2 Å². The van der Waals surface area contributed by atoms with Gasteiger partial charge in [-0.1, -0.05) is 25.1 Å². The van der Waals surface area contributed by atoms with Crippen molar-refractivity contribution in [3.63, 3.8) is 0 Å². The molecule has 0 N–H and O–H groups in total. The number of benzene rings is 1. The highest BCUT2D eigenvalue weighted by Crippen LogP contribution is 2.36. The van der Waals surface area contributed by atoms with Crippen molar-refractivity contribution < 1.29 is 9.59 Å². The summed E-state index contributed by atoms with van der Waals surface area (Å²) in [6.07, 6.45) is 0.340. The van der Waals surface area contributed by atoms with Crippen LogP contribution >= 0.6 is 0 Å². The molecule has 0 spiro atoms. The van der Waals surface area contributed by atoms with E-state index in [0.29, 0.717) is 6.42 Å². The lowest BCUT2D eigenvalue weighted by Gasteiger charge is -2.35. The molecule has 21 heavy (non-hydrogen) atoms. The molecule has 0 aromatic heterocycles. The molecular weight excluding hydrogens is 264 g/mol. The zero-order valence-corrected chi connectivity index (χ0v) is 12.8. The van der Waals surface area contributed by atoms with Gasteiger partial charge in [-0.3, -0.25) is 9.59 Å². The van der Waals surface area contributed by atoms with Gasteiger partial charge in [-0.2, -0.15) is 0 Å². The average molecular weight is 286 g/mol. The van der Waals surface area contributed by atoms with Crippen LogP contribution in [0, 0.1) is 6.92 Å². The molecule has 1 atom stereocenters. The number of nitrogens with zero attached hydrogens (tertiary/aromatic N) is 2. The third-order valence-corrected chi connectivity index (χ3v) is 4.79. The second-order valence-electron chi connectivity index (χ2n) is 5.98. The summed E-state index contributed by atoms with van der Waals surface area (Å²) in [5.41, 5.74) is 2.77. The highest BCUT2D eigenvalue weighted by Gasteiger charge is 2.38. The Bertz CT molecular complexity index is 574.